The molecule has 0 aliphatic carbocycles. The summed E-state index contributed by atoms with van der Waals surface area (Å²) in [5.74, 6) is -0.458. The van der Waals surface area contributed by atoms with Crippen molar-refractivity contribution in [3.05, 3.63) is 72.8 Å². The van der Waals surface area contributed by atoms with Gasteiger partial charge in [0.25, 0.3) is 0 Å². The molecule has 0 aromatic heterocycles. The molecule has 0 heterocycles. The highest BCUT2D eigenvalue weighted by molar-refractivity contribution is 5.37. The third-order valence-corrected chi connectivity index (χ3v) is 2.65. The van der Waals surface area contributed by atoms with Crippen molar-refractivity contribution in [2.45, 2.75) is 0 Å². The summed E-state index contributed by atoms with van der Waals surface area (Å²) in [5.41, 5.74) is 0. The van der Waals surface area contributed by atoms with Gasteiger partial charge < -0.3 is 30.6 Å². The van der Waals surface area contributed by atoms with Crippen LogP contribution in [0.4, 0.5) is 0 Å². The molecule has 0 aliphatic rings. The van der Waals surface area contributed by atoms with Gasteiger partial charge >= 0.3 is 0 Å². The Balaban J connectivity index is 0.000000180. The number of para-hydroxylation sites is 6. The number of phenolic OH excluding ortho intramolecular Hbond substituents is 6. The zero-order chi connectivity index (χ0) is 17.9. The first-order valence-corrected chi connectivity index (χ1v) is 6.82. The van der Waals surface area contributed by atoms with E-state index in [1.807, 2.05) is 0 Å². The van der Waals surface area contributed by atoms with Crippen molar-refractivity contribution >= 4 is 0 Å². The lowest BCUT2D eigenvalue weighted by Gasteiger charge is -1.91. The Morgan fingerprint density at radius 3 is 0.500 bits per heavy atom. The number of hydrogen-bond donors (Lipinski definition) is 6. The average molecular weight is 330 g/mol. The van der Waals surface area contributed by atoms with Crippen molar-refractivity contribution in [2.24, 2.45) is 0 Å². The van der Waals surface area contributed by atoms with E-state index in [1.54, 1.807) is 36.4 Å². The minimum Gasteiger partial charge on any atom is -0.504 e. The standard InChI is InChI=1S/3C6H6O2/c3*7-5-3-1-2-4-6(5)8/h3*1-4,7-8H. The SMILES string of the molecule is Oc1ccccc1O.Oc1ccccc1O.Oc1ccccc1O. The fraction of sp³-hybridized carbons (Fsp3) is 0. The predicted molar refractivity (Wildman–Crippen MR) is 89.3 cm³/mol. The van der Waals surface area contributed by atoms with Gasteiger partial charge in [0.15, 0.2) is 34.5 Å². The lowest BCUT2D eigenvalue weighted by atomic mass is 10.3. The highest BCUT2D eigenvalue weighted by atomic mass is 16.3. The van der Waals surface area contributed by atoms with Crippen molar-refractivity contribution in [3.8, 4) is 34.5 Å². The zero-order valence-corrected chi connectivity index (χ0v) is 12.6. The Kier molecular flexibility index (Phi) is 7.30. The molecule has 0 fully saturated rings. The van der Waals surface area contributed by atoms with Crippen LogP contribution in [0.1, 0.15) is 0 Å². The van der Waals surface area contributed by atoms with Crippen LogP contribution in [0, 0.1) is 0 Å². The van der Waals surface area contributed by atoms with Gasteiger partial charge in [-0.3, -0.25) is 0 Å². The van der Waals surface area contributed by atoms with E-state index in [4.69, 9.17) is 30.6 Å². The molecule has 6 N–H and O–H groups in total. The van der Waals surface area contributed by atoms with Crippen LogP contribution in [-0.4, -0.2) is 30.6 Å². The van der Waals surface area contributed by atoms with Crippen molar-refractivity contribution in [1.82, 2.24) is 0 Å². The minimum absolute atomic E-state index is 0.0764. The first kappa shape index (κ1) is 18.5. The van der Waals surface area contributed by atoms with Gasteiger partial charge in [0.05, 0.1) is 0 Å². The van der Waals surface area contributed by atoms with E-state index in [2.05, 4.69) is 0 Å². The molecule has 0 saturated carbocycles. The molecule has 0 aliphatic heterocycles. The van der Waals surface area contributed by atoms with Crippen LogP contribution in [-0.2, 0) is 0 Å². The van der Waals surface area contributed by atoms with Crippen LogP contribution < -0.4 is 0 Å². The fourth-order valence-electron chi connectivity index (χ4n) is 1.39. The third kappa shape index (κ3) is 6.48. The second kappa shape index (κ2) is 9.47. The number of aromatic hydroxyl groups is 6. The van der Waals surface area contributed by atoms with E-state index in [-0.39, 0.29) is 34.5 Å². The highest BCUT2D eigenvalue weighted by Gasteiger charge is 1.91. The second-order valence-electron chi connectivity index (χ2n) is 4.47. The molecule has 0 unspecified atom stereocenters. The molecular formula is C18H18O6. The van der Waals surface area contributed by atoms with Gasteiger partial charge in [-0.2, -0.15) is 0 Å². The van der Waals surface area contributed by atoms with Gasteiger partial charge in [0.2, 0.25) is 0 Å². The second-order valence-corrected chi connectivity index (χ2v) is 4.47. The Morgan fingerprint density at radius 2 is 0.417 bits per heavy atom. The summed E-state index contributed by atoms with van der Waals surface area (Å²) < 4.78 is 0. The first-order valence-electron chi connectivity index (χ1n) is 6.82. The molecule has 6 heteroatoms. The lowest BCUT2D eigenvalue weighted by molar-refractivity contribution is 0.404. The lowest BCUT2D eigenvalue weighted by Crippen LogP contribution is -1.63. The van der Waals surface area contributed by atoms with E-state index in [9.17, 15) is 0 Å². The Morgan fingerprint density at radius 1 is 0.292 bits per heavy atom. The quantitative estimate of drug-likeness (QED) is 0.352. The maximum absolute atomic E-state index is 8.67. The molecule has 3 aromatic rings. The van der Waals surface area contributed by atoms with Crippen LogP contribution in [0.25, 0.3) is 0 Å². The summed E-state index contributed by atoms with van der Waals surface area (Å²) in [5, 5.41) is 52.0. The van der Waals surface area contributed by atoms with E-state index in [1.165, 1.54) is 36.4 Å². The van der Waals surface area contributed by atoms with Crippen LogP contribution >= 0.6 is 0 Å². The van der Waals surface area contributed by atoms with E-state index >= 15 is 0 Å². The van der Waals surface area contributed by atoms with Crippen LogP contribution in [0.2, 0.25) is 0 Å². The summed E-state index contributed by atoms with van der Waals surface area (Å²) >= 11 is 0. The Hall–Kier alpha value is -3.54. The molecule has 0 radical (unpaired) electrons. The van der Waals surface area contributed by atoms with E-state index < -0.39 is 0 Å². The van der Waals surface area contributed by atoms with Gasteiger partial charge in [-0.15, -0.1) is 0 Å². The Bertz CT molecular complexity index is 591. The van der Waals surface area contributed by atoms with Gasteiger partial charge in [-0.1, -0.05) is 36.4 Å². The third-order valence-electron chi connectivity index (χ3n) is 2.65. The zero-order valence-electron chi connectivity index (χ0n) is 12.6. The molecule has 3 rings (SSSR count). The molecular weight excluding hydrogens is 312 g/mol. The average Bonchev–Trinajstić information content (AvgIpc) is 2.57. The maximum Gasteiger partial charge on any atom is 0.157 e. The largest absolute Gasteiger partial charge is 0.504 e. The van der Waals surface area contributed by atoms with E-state index in [0.717, 1.165) is 0 Å². The molecule has 3 aromatic carbocycles. The molecule has 0 atom stereocenters. The highest BCUT2D eigenvalue weighted by Crippen LogP contribution is 2.22. The summed E-state index contributed by atoms with van der Waals surface area (Å²) in [6, 6.07) is 18.4. The Labute approximate surface area is 138 Å². The van der Waals surface area contributed by atoms with Gasteiger partial charge in [-0.25, -0.2) is 0 Å². The summed E-state index contributed by atoms with van der Waals surface area (Å²) in [4.78, 5) is 0. The van der Waals surface area contributed by atoms with Gasteiger partial charge in [-0.05, 0) is 36.4 Å². The minimum atomic E-state index is -0.0764. The molecule has 6 nitrogen and oxygen atoms in total. The first-order chi connectivity index (χ1) is 11.4. The topological polar surface area (TPSA) is 121 Å². The molecule has 0 spiro atoms. The summed E-state index contributed by atoms with van der Waals surface area (Å²) in [6.45, 7) is 0. The van der Waals surface area contributed by atoms with Crippen LogP contribution in [0.15, 0.2) is 72.8 Å². The summed E-state index contributed by atoms with van der Waals surface area (Å²) in [6.07, 6.45) is 0. The number of phenols is 6. The van der Waals surface area contributed by atoms with Crippen molar-refractivity contribution in [1.29, 1.82) is 0 Å². The van der Waals surface area contributed by atoms with Crippen molar-refractivity contribution in [3.63, 3.8) is 0 Å². The van der Waals surface area contributed by atoms with Crippen LogP contribution in [0.3, 0.4) is 0 Å². The number of hydrogen-bond acceptors (Lipinski definition) is 6. The van der Waals surface area contributed by atoms with Crippen molar-refractivity contribution in [2.75, 3.05) is 0 Å². The van der Waals surface area contributed by atoms with Crippen molar-refractivity contribution < 1.29 is 30.6 Å². The monoisotopic (exact) mass is 330 g/mol. The predicted octanol–water partition coefficient (Wildman–Crippen LogP) is 3.29. The van der Waals surface area contributed by atoms with Crippen LogP contribution in [0.5, 0.6) is 34.5 Å². The molecule has 0 amide bonds. The molecule has 0 saturated heterocycles. The smallest absolute Gasteiger partial charge is 0.157 e. The number of rotatable bonds is 0. The van der Waals surface area contributed by atoms with Gasteiger partial charge in [0.1, 0.15) is 0 Å². The molecule has 126 valence electrons. The number of benzene rings is 3. The fourth-order valence-corrected chi connectivity index (χ4v) is 1.39. The molecule has 24 heavy (non-hydrogen) atoms. The normalized spacial score (nSPS) is 9.00. The van der Waals surface area contributed by atoms with E-state index in [0.29, 0.717) is 0 Å². The maximum atomic E-state index is 8.67. The molecule has 0 bridgehead atoms. The van der Waals surface area contributed by atoms with Gasteiger partial charge in [0, 0.05) is 0 Å². The summed E-state index contributed by atoms with van der Waals surface area (Å²) in [7, 11) is 0.